The number of anilines is 1. The molecule has 2 atom stereocenters. The van der Waals surface area contributed by atoms with Crippen LogP contribution in [0.5, 0.6) is 0 Å². The number of ether oxygens (including phenoxy) is 1. The Morgan fingerprint density at radius 1 is 1.05 bits per heavy atom. The van der Waals surface area contributed by atoms with Crippen molar-refractivity contribution in [1.29, 1.82) is 0 Å². The molecule has 1 aromatic carbocycles. The van der Waals surface area contributed by atoms with Gasteiger partial charge in [-0.2, -0.15) is 9.97 Å². The zero-order chi connectivity index (χ0) is 26.9. The lowest BCUT2D eigenvalue weighted by molar-refractivity contribution is -0.261. The molecule has 12 heteroatoms. The number of morpholine rings is 1. The third-order valence-electron chi connectivity index (χ3n) is 8.55. The van der Waals surface area contributed by atoms with E-state index in [1.807, 2.05) is 52.3 Å². The van der Waals surface area contributed by atoms with E-state index in [0.717, 1.165) is 46.1 Å². The van der Waals surface area contributed by atoms with Crippen molar-refractivity contribution in [3.63, 3.8) is 0 Å². The highest BCUT2D eigenvalue weighted by molar-refractivity contribution is 5.86. The zero-order valence-corrected chi connectivity index (χ0v) is 22.6. The summed E-state index contributed by atoms with van der Waals surface area (Å²) in [7, 11) is 1.97. The van der Waals surface area contributed by atoms with Gasteiger partial charge in [0.05, 0.1) is 29.8 Å². The average molecular weight is 534 g/mol. The molecule has 3 fully saturated rings. The summed E-state index contributed by atoms with van der Waals surface area (Å²) in [5.41, 5.74) is 1.49. The number of hydrogen-bond acceptors (Lipinski definition) is 10. The van der Waals surface area contributed by atoms with E-state index >= 15 is 0 Å². The predicted octanol–water partition coefficient (Wildman–Crippen LogP) is 0.371. The van der Waals surface area contributed by atoms with Gasteiger partial charge in [0.1, 0.15) is 17.4 Å². The third-order valence-corrected chi connectivity index (χ3v) is 8.55. The van der Waals surface area contributed by atoms with Gasteiger partial charge in [-0.15, -0.1) is 0 Å². The van der Waals surface area contributed by atoms with E-state index in [2.05, 4.69) is 17.1 Å². The van der Waals surface area contributed by atoms with Crippen molar-refractivity contribution in [2.24, 2.45) is 7.05 Å². The fourth-order valence-electron chi connectivity index (χ4n) is 6.17. The summed E-state index contributed by atoms with van der Waals surface area (Å²) < 4.78 is 9.68. The van der Waals surface area contributed by atoms with Crippen LogP contribution in [0.3, 0.4) is 0 Å². The predicted molar refractivity (Wildman–Crippen MR) is 146 cm³/mol. The first-order chi connectivity index (χ1) is 18.8. The Balaban J connectivity index is 1.36. The number of fused-ring (bicyclic) bond motifs is 2. The summed E-state index contributed by atoms with van der Waals surface area (Å²) in [6, 6.07) is 7.79. The summed E-state index contributed by atoms with van der Waals surface area (Å²) >= 11 is 0. The minimum Gasteiger partial charge on any atom is -0.387 e. The minimum atomic E-state index is -0.928. The van der Waals surface area contributed by atoms with E-state index in [-0.39, 0.29) is 6.04 Å². The van der Waals surface area contributed by atoms with Gasteiger partial charge in [0.25, 0.3) is 0 Å². The van der Waals surface area contributed by atoms with E-state index in [4.69, 9.17) is 24.7 Å². The molecule has 3 saturated heterocycles. The molecule has 3 aliphatic heterocycles. The lowest BCUT2D eigenvalue weighted by atomic mass is 9.79. The van der Waals surface area contributed by atoms with Crippen LogP contribution in [0.4, 0.5) is 5.82 Å². The fourth-order valence-corrected chi connectivity index (χ4v) is 6.17. The molecule has 0 saturated carbocycles. The van der Waals surface area contributed by atoms with Gasteiger partial charge in [-0.05, 0) is 19.1 Å². The van der Waals surface area contributed by atoms with Gasteiger partial charge in [-0.3, -0.25) is 9.47 Å². The Morgan fingerprint density at radius 3 is 2.51 bits per heavy atom. The van der Waals surface area contributed by atoms with E-state index < -0.39 is 11.3 Å². The zero-order valence-electron chi connectivity index (χ0n) is 22.6. The SMILES string of the molecule is CCc1nc2ccccc2n1-c1nc(N2CCOCC2)c2nc(CC3N(C4(O)CNC4)CC3(C)O)n(C)c2n1. The van der Waals surface area contributed by atoms with Gasteiger partial charge in [-0.25, -0.2) is 9.97 Å². The maximum atomic E-state index is 11.1. The summed E-state index contributed by atoms with van der Waals surface area (Å²) in [5.74, 6) is 3.03. The summed E-state index contributed by atoms with van der Waals surface area (Å²) in [5, 5.41) is 25.2. The molecular formula is C27H35N9O3. The summed E-state index contributed by atoms with van der Waals surface area (Å²) in [6.07, 6.45) is 1.22. The second-order valence-electron chi connectivity index (χ2n) is 11.2. The molecule has 206 valence electrons. The lowest BCUT2D eigenvalue weighted by Gasteiger charge is -2.61. The van der Waals surface area contributed by atoms with Crippen molar-refractivity contribution in [1.82, 2.24) is 39.3 Å². The largest absolute Gasteiger partial charge is 0.387 e. The molecule has 0 spiro atoms. The van der Waals surface area contributed by atoms with Gasteiger partial charge in [0, 0.05) is 58.7 Å². The standard InChI is InChI=1S/C27H35N9O3/c1-4-20-29-17-7-5-6-8-18(17)36(20)25-31-23-22(24(32-25)34-9-11-39-12-10-34)30-21(33(23)3)13-19-26(2,37)16-35(19)27(38)14-28-15-27/h5-8,19,28,37-38H,4,9-16H2,1-3H3. The average Bonchev–Trinajstić information content (AvgIpc) is 3.46. The number of aryl methyl sites for hydroxylation is 2. The van der Waals surface area contributed by atoms with Crippen LogP contribution in [0.1, 0.15) is 25.5 Å². The molecule has 0 radical (unpaired) electrons. The Morgan fingerprint density at radius 2 is 1.82 bits per heavy atom. The van der Waals surface area contributed by atoms with E-state index in [1.54, 1.807) is 0 Å². The van der Waals surface area contributed by atoms with Crippen LogP contribution in [-0.2, 0) is 24.6 Å². The smallest absolute Gasteiger partial charge is 0.239 e. The van der Waals surface area contributed by atoms with Crippen LogP contribution in [0, 0.1) is 0 Å². The molecule has 4 aromatic rings. The molecule has 0 bridgehead atoms. The number of nitrogens with zero attached hydrogens (tertiary/aromatic N) is 8. The number of benzene rings is 1. The maximum Gasteiger partial charge on any atom is 0.239 e. The molecule has 0 amide bonds. The number of hydrogen-bond donors (Lipinski definition) is 3. The first-order valence-corrected chi connectivity index (χ1v) is 13.7. The lowest BCUT2D eigenvalue weighted by Crippen LogP contribution is -2.82. The van der Waals surface area contributed by atoms with E-state index in [0.29, 0.717) is 58.3 Å². The van der Waals surface area contributed by atoms with Crippen LogP contribution in [-0.4, -0.2) is 107 Å². The Labute approximate surface area is 226 Å². The third kappa shape index (κ3) is 3.85. The molecule has 39 heavy (non-hydrogen) atoms. The molecule has 6 heterocycles. The van der Waals surface area contributed by atoms with Crippen molar-refractivity contribution in [2.75, 3.05) is 50.8 Å². The fraction of sp³-hybridized carbons (Fsp3) is 0.556. The van der Waals surface area contributed by atoms with Gasteiger partial charge in [-0.1, -0.05) is 19.1 Å². The molecule has 12 nitrogen and oxygen atoms in total. The monoisotopic (exact) mass is 533 g/mol. The number of aromatic nitrogens is 6. The van der Waals surface area contributed by atoms with Crippen molar-refractivity contribution >= 4 is 28.0 Å². The van der Waals surface area contributed by atoms with Crippen molar-refractivity contribution in [3.8, 4) is 5.95 Å². The maximum absolute atomic E-state index is 11.1. The van der Waals surface area contributed by atoms with Gasteiger partial charge >= 0.3 is 0 Å². The summed E-state index contributed by atoms with van der Waals surface area (Å²) in [6.45, 7) is 8.02. The molecule has 7 rings (SSSR count). The molecule has 3 aromatic heterocycles. The van der Waals surface area contributed by atoms with Gasteiger partial charge in [0.15, 0.2) is 17.0 Å². The highest BCUT2D eigenvalue weighted by Crippen LogP contribution is 2.38. The molecule has 3 N–H and O–H groups in total. The normalized spacial score (nSPS) is 25.3. The summed E-state index contributed by atoms with van der Waals surface area (Å²) in [4.78, 5) is 24.3. The Hall–Kier alpha value is -3.16. The number of imidazole rings is 2. The Kier molecular flexibility index (Phi) is 5.69. The quantitative estimate of drug-likeness (QED) is 0.320. The second kappa shape index (κ2) is 8.93. The molecule has 3 aliphatic rings. The van der Waals surface area contributed by atoms with Crippen molar-refractivity contribution in [3.05, 3.63) is 35.9 Å². The number of nitrogens with one attached hydrogen (secondary N) is 1. The van der Waals surface area contributed by atoms with Crippen molar-refractivity contribution in [2.45, 2.75) is 44.1 Å². The first-order valence-electron chi connectivity index (χ1n) is 13.7. The number of rotatable bonds is 6. The second-order valence-corrected chi connectivity index (χ2v) is 11.2. The molecular weight excluding hydrogens is 498 g/mol. The van der Waals surface area contributed by atoms with E-state index in [9.17, 15) is 10.2 Å². The van der Waals surface area contributed by atoms with Crippen LogP contribution in [0.25, 0.3) is 28.1 Å². The van der Waals surface area contributed by atoms with Crippen LogP contribution < -0.4 is 10.2 Å². The highest BCUT2D eigenvalue weighted by atomic mass is 16.5. The van der Waals surface area contributed by atoms with Gasteiger partial charge < -0.3 is 29.7 Å². The topological polar surface area (TPSA) is 130 Å². The number of para-hydroxylation sites is 2. The van der Waals surface area contributed by atoms with Crippen LogP contribution in [0.15, 0.2) is 24.3 Å². The number of likely N-dealkylation sites (tertiary alicyclic amines) is 1. The van der Waals surface area contributed by atoms with E-state index in [1.165, 1.54) is 0 Å². The number of β-amino-alcohol motifs (C(OH)–C–C–N with tert-alkyl or cyclic N) is 2. The van der Waals surface area contributed by atoms with Crippen LogP contribution in [0.2, 0.25) is 0 Å². The van der Waals surface area contributed by atoms with Crippen molar-refractivity contribution < 1.29 is 14.9 Å². The number of aliphatic hydroxyl groups is 2. The van der Waals surface area contributed by atoms with Gasteiger partial charge in [0.2, 0.25) is 5.95 Å². The molecule has 2 unspecified atom stereocenters. The molecule has 0 aliphatic carbocycles. The van der Waals surface area contributed by atoms with Crippen LogP contribution >= 0.6 is 0 Å². The highest BCUT2D eigenvalue weighted by Gasteiger charge is 2.57. The Bertz CT molecular complexity index is 1550. The first kappa shape index (κ1) is 24.9. The minimum absolute atomic E-state index is 0.260.